The van der Waals surface area contributed by atoms with E-state index in [1.165, 1.54) is 0 Å². The summed E-state index contributed by atoms with van der Waals surface area (Å²) in [5, 5.41) is 0. The van der Waals surface area contributed by atoms with Gasteiger partial charge in [0.25, 0.3) is 0 Å². The van der Waals surface area contributed by atoms with Crippen LogP contribution in [-0.2, 0) is 14.8 Å². The van der Waals surface area contributed by atoms with Crippen molar-refractivity contribution in [3.05, 3.63) is 24.3 Å². The molecule has 3 fully saturated rings. The second-order valence-electron chi connectivity index (χ2n) is 6.27. The number of benzene rings is 1. The molecule has 0 spiro atoms. The van der Waals surface area contributed by atoms with E-state index in [1.54, 1.807) is 47.5 Å². The summed E-state index contributed by atoms with van der Waals surface area (Å²) in [5.41, 5.74) is 0. The molecular formula is C16H22N2O4S. The summed E-state index contributed by atoms with van der Waals surface area (Å²) in [5.74, 6) is 0.861. The zero-order valence-electron chi connectivity index (χ0n) is 13.4. The Kier molecular flexibility index (Phi) is 4.33. The first-order chi connectivity index (χ1) is 10.9. The standard InChI is InChI=1S/C16H22N2O4S/c1-12(19)17-9-13-3-4-14(11-17)18(10-13)23(20,21)16-7-5-15(22-2)6-8-16/h5-8,13-14H,3-4,9-11H2,1-2H3/t13-,14+/m0/s1. The lowest BCUT2D eigenvalue weighted by Crippen LogP contribution is -2.47. The first-order valence-corrected chi connectivity index (χ1v) is 9.27. The number of ether oxygens (including phenoxy) is 1. The van der Waals surface area contributed by atoms with E-state index in [-0.39, 0.29) is 22.8 Å². The van der Waals surface area contributed by atoms with Gasteiger partial charge in [-0.1, -0.05) is 0 Å². The van der Waals surface area contributed by atoms with Crippen molar-refractivity contribution in [2.75, 3.05) is 26.7 Å². The third-order valence-electron chi connectivity index (χ3n) is 4.77. The molecule has 0 aliphatic carbocycles. The molecule has 0 saturated carbocycles. The van der Waals surface area contributed by atoms with Crippen molar-refractivity contribution >= 4 is 15.9 Å². The van der Waals surface area contributed by atoms with Gasteiger partial charge in [0.1, 0.15) is 5.75 Å². The highest BCUT2D eigenvalue weighted by molar-refractivity contribution is 7.89. The molecule has 2 bridgehead atoms. The Morgan fingerprint density at radius 3 is 2.43 bits per heavy atom. The molecule has 0 aromatic heterocycles. The Balaban J connectivity index is 1.89. The average Bonchev–Trinajstić information content (AvgIpc) is 2.87. The number of hydrogen-bond donors (Lipinski definition) is 0. The van der Waals surface area contributed by atoms with E-state index in [1.807, 2.05) is 0 Å². The lowest BCUT2D eigenvalue weighted by Gasteiger charge is -2.34. The fraction of sp³-hybridized carbons (Fsp3) is 0.562. The second kappa shape index (κ2) is 6.13. The summed E-state index contributed by atoms with van der Waals surface area (Å²) < 4.78 is 32.6. The van der Waals surface area contributed by atoms with E-state index < -0.39 is 10.0 Å². The van der Waals surface area contributed by atoms with Crippen LogP contribution in [0.3, 0.4) is 0 Å². The normalized spacial score (nSPS) is 25.2. The highest BCUT2D eigenvalue weighted by atomic mass is 32.2. The Morgan fingerprint density at radius 1 is 1.13 bits per heavy atom. The molecule has 7 heteroatoms. The van der Waals surface area contributed by atoms with Crippen molar-refractivity contribution in [2.24, 2.45) is 5.92 Å². The molecule has 3 saturated heterocycles. The predicted molar refractivity (Wildman–Crippen MR) is 85.7 cm³/mol. The average molecular weight is 338 g/mol. The van der Waals surface area contributed by atoms with Crippen molar-refractivity contribution < 1.29 is 17.9 Å². The van der Waals surface area contributed by atoms with Crippen molar-refractivity contribution in [1.29, 1.82) is 0 Å². The van der Waals surface area contributed by atoms with Crippen molar-refractivity contribution in [2.45, 2.75) is 30.7 Å². The van der Waals surface area contributed by atoms with Crippen LogP contribution in [0.1, 0.15) is 19.8 Å². The zero-order valence-corrected chi connectivity index (χ0v) is 14.3. The maximum Gasteiger partial charge on any atom is 0.243 e. The van der Waals surface area contributed by atoms with E-state index in [4.69, 9.17) is 4.74 Å². The minimum atomic E-state index is -3.55. The molecule has 3 heterocycles. The molecule has 0 radical (unpaired) electrons. The fourth-order valence-corrected chi connectivity index (χ4v) is 5.20. The number of methoxy groups -OCH3 is 1. The van der Waals surface area contributed by atoms with Gasteiger partial charge in [0.2, 0.25) is 15.9 Å². The highest BCUT2D eigenvalue weighted by Crippen LogP contribution is 2.32. The molecule has 23 heavy (non-hydrogen) atoms. The summed E-state index contributed by atoms with van der Waals surface area (Å²) in [4.78, 5) is 13.8. The SMILES string of the molecule is COc1ccc(S(=O)(=O)N2C[C@H]3CC[C@@H]2CN(C(C)=O)C3)cc1. The third kappa shape index (κ3) is 3.07. The van der Waals surface area contributed by atoms with Crippen LogP contribution in [-0.4, -0.2) is 56.3 Å². The number of fused-ring (bicyclic) bond motifs is 4. The van der Waals surface area contributed by atoms with Crippen LogP contribution in [0.15, 0.2) is 29.2 Å². The van der Waals surface area contributed by atoms with E-state index in [2.05, 4.69) is 0 Å². The summed E-state index contributed by atoms with van der Waals surface area (Å²) in [6, 6.07) is 6.34. The highest BCUT2D eigenvalue weighted by Gasteiger charge is 2.41. The van der Waals surface area contributed by atoms with Gasteiger partial charge in [-0.3, -0.25) is 4.79 Å². The number of nitrogens with zero attached hydrogens (tertiary/aromatic N) is 2. The van der Waals surface area contributed by atoms with Crippen LogP contribution in [0.4, 0.5) is 0 Å². The van der Waals surface area contributed by atoms with Crippen LogP contribution >= 0.6 is 0 Å². The monoisotopic (exact) mass is 338 g/mol. The van der Waals surface area contributed by atoms with Gasteiger partial charge < -0.3 is 9.64 Å². The molecule has 2 atom stereocenters. The molecule has 1 amide bonds. The third-order valence-corrected chi connectivity index (χ3v) is 6.71. The van der Waals surface area contributed by atoms with E-state index in [9.17, 15) is 13.2 Å². The minimum Gasteiger partial charge on any atom is -0.497 e. The van der Waals surface area contributed by atoms with E-state index in [0.717, 1.165) is 12.8 Å². The predicted octanol–water partition coefficient (Wildman–Crippen LogP) is 1.33. The zero-order chi connectivity index (χ0) is 16.6. The fourth-order valence-electron chi connectivity index (χ4n) is 3.47. The minimum absolute atomic E-state index is 0.0191. The van der Waals surface area contributed by atoms with Crippen molar-refractivity contribution in [3.63, 3.8) is 0 Å². The van der Waals surface area contributed by atoms with Gasteiger partial charge >= 0.3 is 0 Å². The van der Waals surface area contributed by atoms with Gasteiger partial charge in [-0.25, -0.2) is 8.42 Å². The number of piperidine rings is 1. The van der Waals surface area contributed by atoms with Crippen LogP contribution in [0.2, 0.25) is 0 Å². The molecule has 3 aliphatic heterocycles. The molecule has 4 rings (SSSR count). The molecule has 3 aliphatic rings. The van der Waals surface area contributed by atoms with Crippen LogP contribution in [0.25, 0.3) is 0 Å². The molecule has 6 nitrogen and oxygen atoms in total. The Bertz CT molecular complexity index is 687. The number of rotatable bonds is 3. The number of hydrogen-bond acceptors (Lipinski definition) is 4. The molecule has 1 aromatic rings. The molecule has 126 valence electrons. The van der Waals surface area contributed by atoms with Crippen LogP contribution < -0.4 is 4.74 Å². The number of carbonyl (C=O) groups excluding carboxylic acids is 1. The first kappa shape index (κ1) is 16.3. The molecular weight excluding hydrogens is 316 g/mol. The summed E-state index contributed by atoms with van der Waals surface area (Å²) in [7, 11) is -2.00. The number of amides is 1. The van der Waals surface area contributed by atoms with Gasteiger partial charge in [-0.15, -0.1) is 0 Å². The molecule has 1 aromatic carbocycles. The Morgan fingerprint density at radius 2 is 1.83 bits per heavy atom. The van der Waals surface area contributed by atoms with Gasteiger partial charge in [0, 0.05) is 32.6 Å². The van der Waals surface area contributed by atoms with E-state index in [0.29, 0.717) is 25.4 Å². The van der Waals surface area contributed by atoms with Gasteiger partial charge in [0.15, 0.2) is 0 Å². The lowest BCUT2D eigenvalue weighted by molar-refractivity contribution is -0.129. The Labute approximate surface area is 137 Å². The number of sulfonamides is 1. The van der Waals surface area contributed by atoms with Gasteiger partial charge in [-0.2, -0.15) is 4.31 Å². The van der Waals surface area contributed by atoms with Gasteiger partial charge in [-0.05, 0) is 43.0 Å². The first-order valence-electron chi connectivity index (χ1n) is 7.83. The van der Waals surface area contributed by atoms with Gasteiger partial charge in [0.05, 0.1) is 12.0 Å². The summed E-state index contributed by atoms with van der Waals surface area (Å²) in [6.45, 7) is 3.18. The quantitative estimate of drug-likeness (QED) is 0.834. The summed E-state index contributed by atoms with van der Waals surface area (Å²) in [6.07, 6.45) is 1.78. The van der Waals surface area contributed by atoms with Crippen molar-refractivity contribution in [3.8, 4) is 5.75 Å². The van der Waals surface area contributed by atoms with Crippen LogP contribution in [0, 0.1) is 5.92 Å². The molecule has 0 N–H and O–H groups in total. The number of carbonyl (C=O) groups is 1. The maximum absolute atomic E-state index is 13.0. The second-order valence-corrected chi connectivity index (χ2v) is 8.16. The smallest absolute Gasteiger partial charge is 0.243 e. The van der Waals surface area contributed by atoms with E-state index >= 15 is 0 Å². The van der Waals surface area contributed by atoms with Crippen LogP contribution in [0.5, 0.6) is 5.75 Å². The maximum atomic E-state index is 13.0. The van der Waals surface area contributed by atoms with Crippen molar-refractivity contribution in [1.82, 2.24) is 9.21 Å². The summed E-state index contributed by atoms with van der Waals surface area (Å²) >= 11 is 0. The Hall–Kier alpha value is -1.60. The largest absolute Gasteiger partial charge is 0.497 e. The topological polar surface area (TPSA) is 66.9 Å². The lowest BCUT2D eigenvalue weighted by atomic mass is 9.97. The molecule has 0 unspecified atom stereocenters.